The molecule has 1 aromatic carbocycles. The molecule has 0 atom stereocenters. The first-order valence-corrected chi connectivity index (χ1v) is 4.79. The van der Waals surface area contributed by atoms with E-state index in [0.29, 0.717) is 5.56 Å². The molecule has 1 amide bonds. The molecule has 0 fully saturated rings. The summed E-state index contributed by atoms with van der Waals surface area (Å²) in [6.45, 7) is 0. The number of carbonyl (C=O) groups excluding carboxylic acids is 1. The Bertz CT molecular complexity index is 376. The molecule has 0 radical (unpaired) electrons. The van der Waals surface area contributed by atoms with E-state index >= 15 is 0 Å². The van der Waals surface area contributed by atoms with Gasteiger partial charge in [0.1, 0.15) is 5.82 Å². The van der Waals surface area contributed by atoms with Crippen molar-refractivity contribution in [1.29, 1.82) is 0 Å². The first-order chi connectivity index (χ1) is 6.59. The fourth-order valence-corrected chi connectivity index (χ4v) is 1.32. The lowest BCUT2D eigenvalue weighted by Gasteiger charge is -1.97. The van der Waals surface area contributed by atoms with Crippen molar-refractivity contribution in [1.82, 2.24) is 0 Å². The van der Waals surface area contributed by atoms with Crippen molar-refractivity contribution in [2.24, 2.45) is 5.73 Å². The highest BCUT2D eigenvalue weighted by molar-refractivity contribution is 9.10. The Morgan fingerprint density at radius 2 is 2.29 bits per heavy atom. The summed E-state index contributed by atoms with van der Waals surface area (Å²) >= 11 is 3.26. The largest absolute Gasteiger partial charge is 0.369 e. The average molecular weight is 258 g/mol. The van der Waals surface area contributed by atoms with Crippen molar-refractivity contribution in [2.45, 2.75) is 6.42 Å². The molecule has 0 spiro atoms. The third kappa shape index (κ3) is 3.30. The summed E-state index contributed by atoms with van der Waals surface area (Å²) in [7, 11) is 0. The molecule has 2 nitrogen and oxygen atoms in total. The minimum atomic E-state index is -0.409. The number of hydrogen-bond donors (Lipinski definition) is 1. The maximum absolute atomic E-state index is 12.8. The Labute approximate surface area is 89.7 Å². The predicted molar refractivity (Wildman–Crippen MR) is 56.9 cm³/mol. The van der Waals surface area contributed by atoms with Crippen LogP contribution < -0.4 is 5.73 Å². The molecule has 1 aromatic rings. The molecule has 1 rings (SSSR count). The van der Waals surface area contributed by atoms with Crippen LogP contribution in [-0.4, -0.2) is 5.91 Å². The van der Waals surface area contributed by atoms with Crippen LogP contribution in [0.5, 0.6) is 0 Å². The average Bonchev–Trinajstić information content (AvgIpc) is 2.10. The second-order valence-electron chi connectivity index (χ2n) is 2.74. The van der Waals surface area contributed by atoms with Crippen LogP contribution in [0, 0.1) is 5.82 Å². The van der Waals surface area contributed by atoms with Gasteiger partial charge in [0.25, 0.3) is 0 Å². The van der Waals surface area contributed by atoms with E-state index in [4.69, 9.17) is 5.73 Å². The van der Waals surface area contributed by atoms with E-state index in [2.05, 4.69) is 15.9 Å². The molecular weight excluding hydrogens is 249 g/mol. The van der Waals surface area contributed by atoms with E-state index in [1.54, 1.807) is 18.2 Å². The van der Waals surface area contributed by atoms with Gasteiger partial charge in [-0.25, -0.2) is 4.39 Å². The van der Waals surface area contributed by atoms with E-state index in [9.17, 15) is 9.18 Å². The molecule has 2 N–H and O–H groups in total. The lowest BCUT2D eigenvalue weighted by molar-refractivity contribution is -0.117. The van der Waals surface area contributed by atoms with Gasteiger partial charge in [-0.3, -0.25) is 4.79 Å². The minimum absolute atomic E-state index is 0.156. The van der Waals surface area contributed by atoms with Gasteiger partial charge in [0.05, 0.1) is 0 Å². The summed E-state index contributed by atoms with van der Waals surface area (Å²) in [6.07, 6.45) is 3.41. The van der Waals surface area contributed by atoms with Crippen LogP contribution in [0.1, 0.15) is 12.0 Å². The number of primary amides is 1. The quantitative estimate of drug-likeness (QED) is 0.889. The van der Waals surface area contributed by atoms with Gasteiger partial charge in [0.15, 0.2) is 0 Å². The van der Waals surface area contributed by atoms with E-state index < -0.39 is 5.91 Å². The Morgan fingerprint density at radius 1 is 1.57 bits per heavy atom. The highest BCUT2D eigenvalue weighted by Gasteiger charge is 1.97. The molecular formula is C10H9BrFNO. The first kappa shape index (κ1) is 10.9. The van der Waals surface area contributed by atoms with Crippen LogP contribution >= 0.6 is 15.9 Å². The number of hydrogen-bond acceptors (Lipinski definition) is 1. The lowest BCUT2D eigenvalue weighted by atomic mass is 10.2. The molecule has 74 valence electrons. The second-order valence-corrected chi connectivity index (χ2v) is 3.59. The Morgan fingerprint density at radius 3 is 2.93 bits per heavy atom. The van der Waals surface area contributed by atoms with Gasteiger partial charge in [-0.1, -0.05) is 28.1 Å². The van der Waals surface area contributed by atoms with Crippen molar-refractivity contribution in [3.8, 4) is 0 Å². The van der Waals surface area contributed by atoms with Crippen molar-refractivity contribution in [3.63, 3.8) is 0 Å². The fraction of sp³-hybridized carbons (Fsp3) is 0.100. The standard InChI is InChI=1S/C10H9BrFNO/c11-9-5-4-8(12)6-7(9)2-1-3-10(13)14/h1-2,4-6H,3H2,(H2,13,14). The summed E-state index contributed by atoms with van der Waals surface area (Å²) in [5.74, 6) is -0.722. The van der Waals surface area contributed by atoms with Crippen LogP contribution in [0.25, 0.3) is 6.08 Å². The van der Waals surface area contributed by atoms with Gasteiger partial charge in [0, 0.05) is 10.9 Å². The summed E-state index contributed by atoms with van der Waals surface area (Å²) in [5, 5.41) is 0. The normalized spacial score (nSPS) is 10.7. The van der Waals surface area contributed by atoms with Crippen LogP contribution in [0.3, 0.4) is 0 Å². The maximum Gasteiger partial charge on any atom is 0.221 e. The zero-order valence-electron chi connectivity index (χ0n) is 7.34. The fourth-order valence-electron chi connectivity index (χ4n) is 0.944. The first-order valence-electron chi connectivity index (χ1n) is 3.99. The number of amides is 1. The van der Waals surface area contributed by atoms with Crippen LogP contribution in [0.2, 0.25) is 0 Å². The number of halogens is 2. The smallest absolute Gasteiger partial charge is 0.221 e. The Kier molecular flexibility index (Phi) is 3.83. The number of rotatable bonds is 3. The van der Waals surface area contributed by atoms with Crippen molar-refractivity contribution < 1.29 is 9.18 Å². The number of benzene rings is 1. The molecule has 0 aliphatic rings. The Hall–Kier alpha value is -1.16. The van der Waals surface area contributed by atoms with Gasteiger partial charge >= 0.3 is 0 Å². The van der Waals surface area contributed by atoms with Crippen LogP contribution in [0.4, 0.5) is 4.39 Å². The van der Waals surface area contributed by atoms with Gasteiger partial charge < -0.3 is 5.73 Å². The molecule has 14 heavy (non-hydrogen) atoms. The van der Waals surface area contributed by atoms with Gasteiger partial charge in [-0.05, 0) is 23.8 Å². The SMILES string of the molecule is NC(=O)CC=Cc1cc(F)ccc1Br. The molecule has 0 bridgehead atoms. The topological polar surface area (TPSA) is 43.1 Å². The van der Waals surface area contributed by atoms with E-state index in [-0.39, 0.29) is 12.2 Å². The van der Waals surface area contributed by atoms with Crippen LogP contribution in [-0.2, 0) is 4.79 Å². The number of carbonyl (C=O) groups is 1. The minimum Gasteiger partial charge on any atom is -0.369 e. The Balaban J connectivity index is 2.80. The highest BCUT2D eigenvalue weighted by Crippen LogP contribution is 2.19. The van der Waals surface area contributed by atoms with Crippen molar-refractivity contribution >= 4 is 27.9 Å². The third-order valence-corrected chi connectivity index (χ3v) is 2.30. The molecule has 0 aliphatic carbocycles. The molecule has 0 aliphatic heterocycles. The maximum atomic E-state index is 12.8. The van der Waals surface area contributed by atoms with Crippen LogP contribution in [0.15, 0.2) is 28.7 Å². The molecule has 4 heteroatoms. The molecule has 0 unspecified atom stereocenters. The second kappa shape index (κ2) is 4.91. The van der Waals surface area contributed by atoms with Crippen molar-refractivity contribution in [2.75, 3.05) is 0 Å². The summed E-state index contributed by atoms with van der Waals surface area (Å²) < 4.78 is 13.6. The van der Waals surface area contributed by atoms with Gasteiger partial charge in [-0.2, -0.15) is 0 Å². The number of nitrogens with two attached hydrogens (primary N) is 1. The molecule has 0 heterocycles. The van der Waals surface area contributed by atoms with Crippen molar-refractivity contribution in [3.05, 3.63) is 40.1 Å². The lowest BCUT2D eigenvalue weighted by Crippen LogP contribution is -2.07. The molecule has 0 saturated carbocycles. The highest BCUT2D eigenvalue weighted by atomic mass is 79.9. The zero-order chi connectivity index (χ0) is 10.6. The summed E-state index contributed by atoms with van der Waals surface area (Å²) in [5.41, 5.74) is 5.63. The molecule has 0 saturated heterocycles. The van der Waals surface area contributed by atoms with E-state index in [0.717, 1.165) is 4.47 Å². The summed E-state index contributed by atoms with van der Waals surface area (Å²) in [6, 6.07) is 4.34. The van der Waals surface area contributed by atoms with E-state index in [1.165, 1.54) is 12.1 Å². The predicted octanol–water partition coefficient (Wildman–Crippen LogP) is 2.48. The third-order valence-electron chi connectivity index (χ3n) is 1.57. The van der Waals surface area contributed by atoms with Gasteiger partial charge in [-0.15, -0.1) is 0 Å². The van der Waals surface area contributed by atoms with E-state index in [1.807, 2.05) is 0 Å². The molecule has 0 aromatic heterocycles. The monoisotopic (exact) mass is 257 g/mol. The van der Waals surface area contributed by atoms with Gasteiger partial charge in [0.2, 0.25) is 5.91 Å². The summed E-state index contributed by atoms with van der Waals surface area (Å²) in [4.78, 5) is 10.4. The zero-order valence-corrected chi connectivity index (χ0v) is 8.92.